The molecule has 0 fully saturated rings. The first kappa shape index (κ1) is 18.6. The molecule has 0 saturated heterocycles. The molecule has 1 heterocycles. The SMILES string of the molecule is Fc1cccc(Cl)c1C=Nc1ccc2c(c1)OCCOCCOCCO2. The summed E-state index contributed by atoms with van der Waals surface area (Å²) in [5.74, 6) is 0.713. The van der Waals surface area contributed by atoms with Crippen LogP contribution in [-0.2, 0) is 9.47 Å². The Morgan fingerprint density at radius 2 is 1.58 bits per heavy atom. The average molecular weight is 380 g/mol. The number of ether oxygens (including phenoxy) is 4. The first-order valence-corrected chi connectivity index (χ1v) is 8.65. The molecule has 0 aromatic heterocycles. The Hall–Kier alpha value is -2.15. The summed E-state index contributed by atoms with van der Waals surface area (Å²) in [5.41, 5.74) is 0.834. The van der Waals surface area contributed by atoms with Gasteiger partial charge in [0.05, 0.1) is 37.1 Å². The standard InChI is InChI=1S/C19H19ClFNO4/c20-16-2-1-3-17(21)15(16)13-22-14-4-5-18-19(12-14)26-11-9-24-7-6-23-8-10-25-18/h1-5,12-13H,6-11H2. The molecule has 2 aromatic carbocycles. The van der Waals surface area contributed by atoms with E-state index in [0.717, 1.165) is 0 Å². The molecule has 0 unspecified atom stereocenters. The molecule has 0 bridgehead atoms. The van der Waals surface area contributed by atoms with E-state index in [0.29, 0.717) is 61.9 Å². The van der Waals surface area contributed by atoms with Crippen LogP contribution in [0.5, 0.6) is 11.5 Å². The van der Waals surface area contributed by atoms with Crippen LogP contribution in [0.1, 0.15) is 5.56 Å². The molecule has 0 radical (unpaired) electrons. The van der Waals surface area contributed by atoms with Crippen LogP contribution in [0.25, 0.3) is 0 Å². The molecule has 1 aliphatic rings. The lowest BCUT2D eigenvalue weighted by molar-refractivity contribution is 0.0223. The average Bonchev–Trinajstić information content (AvgIpc) is 2.62. The zero-order valence-electron chi connectivity index (χ0n) is 14.1. The van der Waals surface area contributed by atoms with Crippen molar-refractivity contribution < 1.29 is 23.3 Å². The lowest BCUT2D eigenvalue weighted by Gasteiger charge is -2.15. The van der Waals surface area contributed by atoms with Gasteiger partial charge in [0.2, 0.25) is 0 Å². The minimum absolute atomic E-state index is 0.240. The van der Waals surface area contributed by atoms with Gasteiger partial charge < -0.3 is 18.9 Å². The molecule has 0 amide bonds. The lowest BCUT2D eigenvalue weighted by Crippen LogP contribution is -2.15. The maximum absolute atomic E-state index is 13.8. The van der Waals surface area contributed by atoms with Crippen LogP contribution < -0.4 is 9.47 Å². The molecule has 7 heteroatoms. The van der Waals surface area contributed by atoms with Gasteiger partial charge in [0.1, 0.15) is 19.0 Å². The van der Waals surface area contributed by atoms with E-state index in [1.54, 1.807) is 30.3 Å². The van der Waals surface area contributed by atoms with Gasteiger partial charge in [-0.3, -0.25) is 4.99 Å². The summed E-state index contributed by atoms with van der Waals surface area (Å²) in [5, 5.41) is 0.303. The van der Waals surface area contributed by atoms with Gasteiger partial charge in [-0.05, 0) is 24.3 Å². The molecule has 1 aliphatic heterocycles. The highest BCUT2D eigenvalue weighted by Gasteiger charge is 2.09. The predicted molar refractivity (Wildman–Crippen MR) is 97.7 cm³/mol. The van der Waals surface area contributed by atoms with Gasteiger partial charge in [0, 0.05) is 17.8 Å². The molecule has 0 saturated carbocycles. The van der Waals surface area contributed by atoms with Gasteiger partial charge in [-0.1, -0.05) is 17.7 Å². The van der Waals surface area contributed by atoms with Crippen molar-refractivity contribution >= 4 is 23.5 Å². The lowest BCUT2D eigenvalue weighted by atomic mass is 10.2. The molecule has 0 aliphatic carbocycles. The van der Waals surface area contributed by atoms with Gasteiger partial charge >= 0.3 is 0 Å². The minimum Gasteiger partial charge on any atom is -0.487 e. The predicted octanol–water partition coefficient (Wildman–Crippen LogP) is 4.03. The van der Waals surface area contributed by atoms with E-state index < -0.39 is 5.82 Å². The fourth-order valence-corrected chi connectivity index (χ4v) is 2.54. The largest absolute Gasteiger partial charge is 0.487 e. The minimum atomic E-state index is -0.427. The number of hydrogen-bond donors (Lipinski definition) is 0. The van der Waals surface area contributed by atoms with Gasteiger partial charge in [-0.2, -0.15) is 0 Å². The number of aliphatic imine (C=N–C) groups is 1. The van der Waals surface area contributed by atoms with Crippen LogP contribution in [0, 0.1) is 5.82 Å². The van der Waals surface area contributed by atoms with Crippen molar-refractivity contribution in [3.05, 3.63) is 52.8 Å². The summed E-state index contributed by atoms with van der Waals surface area (Å²) in [7, 11) is 0. The second-order valence-corrected chi connectivity index (χ2v) is 5.85. The highest BCUT2D eigenvalue weighted by atomic mass is 35.5. The highest BCUT2D eigenvalue weighted by molar-refractivity contribution is 6.33. The fraction of sp³-hybridized carbons (Fsp3) is 0.316. The van der Waals surface area contributed by atoms with Crippen molar-refractivity contribution in [1.82, 2.24) is 0 Å². The maximum atomic E-state index is 13.8. The van der Waals surface area contributed by atoms with E-state index in [1.807, 2.05) is 0 Å². The van der Waals surface area contributed by atoms with Crippen LogP contribution in [-0.4, -0.2) is 45.9 Å². The Morgan fingerprint density at radius 3 is 2.31 bits per heavy atom. The third-order valence-electron chi connectivity index (χ3n) is 3.61. The topological polar surface area (TPSA) is 49.3 Å². The first-order valence-electron chi connectivity index (χ1n) is 8.27. The van der Waals surface area contributed by atoms with Crippen molar-refractivity contribution in [3.8, 4) is 11.5 Å². The van der Waals surface area contributed by atoms with Gasteiger partial charge in [0.25, 0.3) is 0 Å². The van der Waals surface area contributed by atoms with Crippen molar-refractivity contribution in [3.63, 3.8) is 0 Å². The summed E-state index contributed by atoms with van der Waals surface area (Å²) in [6.45, 7) is 2.74. The first-order chi connectivity index (χ1) is 12.7. The zero-order chi connectivity index (χ0) is 18.2. The van der Waals surface area contributed by atoms with E-state index in [1.165, 1.54) is 12.3 Å². The zero-order valence-corrected chi connectivity index (χ0v) is 14.9. The van der Waals surface area contributed by atoms with E-state index in [-0.39, 0.29) is 5.56 Å². The van der Waals surface area contributed by atoms with Crippen molar-refractivity contribution in [2.75, 3.05) is 39.6 Å². The Morgan fingerprint density at radius 1 is 0.885 bits per heavy atom. The second-order valence-electron chi connectivity index (χ2n) is 5.45. The Labute approximate surface area is 156 Å². The molecule has 3 rings (SSSR count). The van der Waals surface area contributed by atoms with Crippen LogP contribution in [0.2, 0.25) is 5.02 Å². The van der Waals surface area contributed by atoms with Crippen LogP contribution in [0.15, 0.2) is 41.4 Å². The number of halogens is 2. The van der Waals surface area contributed by atoms with Crippen LogP contribution in [0.3, 0.4) is 0 Å². The van der Waals surface area contributed by atoms with E-state index >= 15 is 0 Å². The second kappa shape index (κ2) is 9.52. The summed E-state index contributed by atoms with van der Waals surface area (Å²) in [6.07, 6.45) is 1.40. The molecule has 0 atom stereocenters. The third-order valence-corrected chi connectivity index (χ3v) is 3.94. The number of fused-ring (bicyclic) bond motifs is 1. The maximum Gasteiger partial charge on any atom is 0.163 e. The van der Waals surface area contributed by atoms with Gasteiger partial charge in [-0.25, -0.2) is 4.39 Å². The third kappa shape index (κ3) is 5.17. The van der Waals surface area contributed by atoms with Crippen molar-refractivity contribution in [1.29, 1.82) is 0 Å². The normalized spacial score (nSPS) is 16.1. The van der Waals surface area contributed by atoms with E-state index in [9.17, 15) is 4.39 Å². The van der Waals surface area contributed by atoms with E-state index in [2.05, 4.69) is 4.99 Å². The Balaban J connectivity index is 1.79. The van der Waals surface area contributed by atoms with Crippen LogP contribution in [0.4, 0.5) is 10.1 Å². The molecule has 138 valence electrons. The molecule has 0 N–H and O–H groups in total. The van der Waals surface area contributed by atoms with Gasteiger partial charge in [0.15, 0.2) is 11.5 Å². The number of benzene rings is 2. The number of nitrogens with zero attached hydrogens (tertiary/aromatic N) is 1. The summed E-state index contributed by atoms with van der Waals surface area (Å²) < 4.78 is 36.1. The summed E-state index contributed by atoms with van der Waals surface area (Å²) >= 11 is 6.01. The smallest absolute Gasteiger partial charge is 0.163 e. The molecule has 5 nitrogen and oxygen atoms in total. The molecule has 2 aromatic rings. The molecular formula is C19H19ClFNO4. The number of hydrogen-bond acceptors (Lipinski definition) is 5. The molecular weight excluding hydrogens is 361 g/mol. The Kier molecular flexibility index (Phi) is 6.82. The van der Waals surface area contributed by atoms with Crippen molar-refractivity contribution in [2.45, 2.75) is 0 Å². The highest BCUT2D eigenvalue weighted by Crippen LogP contribution is 2.32. The fourth-order valence-electron chi connectivity index (χ4n) is 2.33. The van der Waals surface area contributed by atoms with Crippen LogP contribution >= 0.6 is 11.6 Å². The molecule has 0 spiro atoms. The van der Waals surface area contributed by atoms with Gasteiger partial charge in [-0.15, -0.1) is 0 Å². The Bertz CT molecular complexity index is 749. The van der Waals surface area contributed by atoms with E-state index in [4.69, 9.17) is 30.5 Å². The monoisotopic (exact) mass is 379 g/mol. The molecule has 26 heavy (non-hydrogen) atoms. The quantitative estimate of drug-likeness (QED) is 0.739. The number of rotatable bonds is 2. The summed E-state index contributed by atoms with van der Waals surface area (Å²) in [6, 6.07) is 9.75. The summed E-state index contributed by atoms with van der Waals surface area (Å²) in [4.78, 5) is 4.29. The van der Waals surface area contributed by atoms with Crippen molar-refractivity contribution in [2.24, 2.45) is 4.99 Å².